The topological polar surface area (TPSA) is 76.2 Å². The molecule has 1 fully saturated rings. The van der Waals surface area contributed by atoms with E-state index >= 15 is 0 Å². The Hall–Kier alpha value is -2.58. The number of hydrogen-bond acceptors (Lipinski definition) is 5. The van der Waals surface area contributed by atoms with E-state index in [1.807, 2.05) is 11.0 Å². The predicted molar refractivity (Wildman–Crippen MR) is 125 cm³/mol. The molecule has 2 aromatic carbocycles. The van der Waals surface area contributed by atoms with Crippen LogP contribution in [-0.2, 0) is 21.2 Å². The molecule has 0 atom stereocenters. The molecule has 7 nitrogen and oxygen atoms in total. The van der Waals surface area contributed by atoms with E-state index in [1.54, 1.807) is 18.2 Å². The second-order valence-electron chi connectivity index (χ2n) is 9.06. The van der Waals surface area contributed by atoms with Gasteiger partial charge in [0.15, 0.2) is 11.5 Å². The predicted octanol–water partition coefficient (Wildman–Crippen LogP) is 3.54. The van der Waals surface area contributed by atoms with E-state index < -0.39 is 10.0 Å². The second-order valence-corrected chi connectivity index (χ2v) is 11.0. The van der Waals surface area contributed by atoms with E-state index in [2.05, 4.69) is 19.1 Å². The van der Waals surface area contributed by atoms with Gasteiger partial charge in [-0.3, -0.25) is 4.79 Å². The monoisotopic (exact) mass is 470 g/mol. The van der Waals surface area contributed by atoms with Crippen LogP contribution in [0.3, 0.4) is 0 Å². The molecule has 0 spiro atoms. The highest BCUT2D eigenvalue weighted by molar-refractivity contribution is 7.89. The summed E-state index contributed by atoms with van der Waals surface area (Å²) in [6.45, 7) is 4.53. The van der Waals surface area contributed by atoms with Crippen LogP contribution in [0.2, 0.25) is 0 Å². The van der Waals surface area contributed by atoms with Crippen LogP contribution >= 0.6 is 0 Å². The molecule has 3 aliphatic rings. The number of carbonyl (C=O) groups is 1. The van der Waals surface area contributed by atoms with Gasteiger partial charge < -0.3 is 14.4 Å². The van der Waals surface area contributed by atoms with Crippen molar-refractivity contribution >= 4 is 21.6 Å². The van der Waals surface area contributed by atoms with E-state index in [0.717, 1.165) is 31.5 Å². The summed E-state index contributed by atoms with van der Waals surface area (Å²) in [7, 11) is -3.66. The van der Waals surface area contributed by atoms with Crippen molar-refractivity contribution in [3.8, 4) is 11.5 Å². The number of hydrogen-bond donors (Lipinski definition) is 0. The smallest absolute Gasteiger partial charge is 0.243 e. The third-order valence-corrected chi connectivity index (χ3v) is 8.67. The van der Waals surface area contributed by atoms with Gasteiger partial charge >= 0.3 is 0 Å². The quantitative estimate of drug-likeness (QED) is 0.686. The second kappa shape index (κ2) is 8.99. The summed E-state index contributed by atoms with van der Waals surface area (Å²) in [4.78, 5) is 15.5. The highest BCUT2D eigenvalue weighted by Gasteiger charge is 2.35. The Balaban J connectivity index is 1.28. The molecule has 1 amide bonds. The number of aryl methyl sites for hydroxylation is 2. The summed E-state index contributed by atoms with van der Waals surface area (Å²) in [5, 5.41) is 0. The van der Waals surface area contributed by atoms with Crippen LogP contribution in [0, 0.1) is 12.8 Å². The Kier molecular flexibility index (Phi) is 6.05. The third kappa shape index (κ3) is 4.34. The SMILES string of the molecule is Cc1ccc2c(c1)CCCN2C(=O)C1CCN(S(=O)(=O)c2ccc3c(c2)OCCCO3)CC1. The van der Waals surface area contributed by atoms with Gasteiger partial charge in [0.1, 0.15) is 0 Å². The molecule has 33 heavy (non-hydrogen) atoms. The number of rotatable bonds is 3. The molecule has 0 bridgehead atoms. The lowest BCUT2D eigenvalue weighted by Crippen LogP contribution is -2.45. The Morgan fingerprint density at radius 1 is 0.939 bits per heavy atom. The molecule has 0 radical (unpaired) electrons. The summed E-state index contributed by atoms with van der Waals surface area (Å²) in [6, 6.07) is 11.1. The molecule has 176 valence electrons. The molecule has 2 aromatic rings. The first-order chi connectivity index (χ1) is 15.9. The maximum Gasteiger partial charge on any atom is 0.243 e. The number of sulfonamides is 1. The fourth-order valence-corrected chi connectivity index (χ4v) is 6.46. The largest absolute Gasteiger partial charge is 0.490 e. The van der Waals surface area contributed by atoms with Crippen molar-refractivity contribution in [3.63, 3.8) is 0 Å². The number of fused-ring (bicyclic) bond motifs is 2. The van der Waals surface area contributed by atoms with E-state index in [-0.39, 0.29) is 16.7 Å². The molecular formula is C25H30N2O5S. The maximum absolute atomic E-state index is 13.3. The zero-order valence-corrected chi connectivity index (χ0v) is 19.8. The van der Waals surface area contributed by atoms with Crippen molar-refractivity contribution in [1.29, 1.82) is 0 Å². The molecule has 0 saturated carbocycles. The van der Waals surface area contributed by atoms with Crippen LogP contribution in [0.1, 0.15) is 36.8 Å². The molecule has 0 unspecified atom stereocenters. The van der Waals surface area contributed by atoms with Crippen LogP contribution in [0.5, 0.6) is 11.5 Å². The van der Waals surface area contributed by atoms with E-state index in [4.69, 9.17) is 9.47 Å². The minimum atomic E-state index is -3.66. The van der Waals surface area contributed by atoms with Gasteiger partial charge in [-0.2, -0.15) is 4.31 Å². The third-order valence-electron chi connectivity index (χ3n) is 6.78. The van der Waals surface area contributed by atoms with Crippen molar-refractivity contribution in [3.05, 3.63) is 47.5 Å². The van der Waals surface area contributed by atoms with Crippen molar-refractivity contribution in [2.24, 2.45) is 5.92 Å². The molecule has 0 aliphatic carbocycles. The van der Waals surface area contributed by atoms with Gasteiger partial charge in [-0.05, 0) is 56.4 Å². The normalized spacial score (nSPS) is 19.6. The first kappa shape index (κ1) is 22.2. The lowest BCUT2D eigenvalue weighted by Gasteiger charge is -2.36. The van der Waals surface area contributed by atoms with Gasteiger partial charge in [-0.15, -0.1) is 0 Å². The summed E-state index contributed by atoms with van der Waals surface area (Å²) < 4.78 is 39.3. The van der Waals surface area contributed by atoms with Crippen LogP contribution < -0.4 is 14.4 Å². The van der Waals surface area contributed by atoms with E-state index in [1.165, 1.54) is 15.4 Å². The highest BCUT2D eigenvalue weighted by atomic mass is 32.2. The molecule has 0 aromatic heterocycles. The minimum absolute atomic E-state index is 0.118. The maximum atomic E-state index is 13.3. The van der Waals surface area contributed by atoms with E-state index in [0.29, 0.717) is 50.6 Å². The first-order valence-corrected chi connectivity index (χ1v) is 13.2. The van der Waals surface area contributed by atoms with Gasteiger partial charge in [0.25, 0.3) is 0 Å². The average molecular weight is 471 g/mol. The molecule has 0 N–H and O–H groups in total. The van der Waals surface area contributed by atoms with Crippen molar-refractivity contribution in [2.75, 3.05) is 37.7 Å². The number of anilines is 1. The standard InChI is InChI=1S/C25H30N2O5S/c1-18-5-7-22-20(16-18)4-2-11-27(22)25(28)19-9-12-26(13-10-19)33(29,30)21-6-8-23-24(17-21)32-15-3-14-31-23/h5-8,16-17,19H,2-4,9-15H2,1H3. The fourth-order valence-electron chi connectivity index (χ4n) is 4.97. The minimum Gasteiger partial charge on any atom is -0.490 e. The van der Waals surface area contributed by atoms with Crippen LogP contribution in [0.4, 0.5) is 5.69 Å². The van der Waals surface area contributed by atoms with Crippen LogP contribution in [0.25, 0.3) is 0 Å². The van der Waals surface area contributed by atoms with Gasteiger partial charge in [-0.1, -0.05) is 17.7 Å². The molecule has 1 saturated heterocycles. The molecular weight excluding hydrogens is 440 g/mol. The number of ether oxygens (including phenoxy) is 2. The number of benzene rings is 2. The van der Waals surface area contributed by atoms with Gasteiger partial charge in [0, 0.05) is 43.7 Å². The molecule has 5 rings (SSSR count). The molecule has 3 heterocycles. The Bertz CT molecular complexity index is 1160. The molecule has 3 aliphatic heterocycles. The summed E-state index contributed by atoms with van der Waals surface area (Å²) in [5.41, 5.74) is 3.44. The van der Waals surface area contributed by atoms with Crippen molar-refractivity contribution < 1.29 is 22.7 Å². The number of piperidine rings is 1. The van der Waals surface area contributed by atoms with Gasteiger partial charge in [0.05, 0.1) is 18.1 Å². The Morgan fingerprint density at radius 3 is 2.48 bits per heavy atom. The van der Waals surface area contributed by atoms with Crippen LogP contribution in [-0.4, -0.2) is 51.5 Å². The molecule has 8 heteroatoms. The number of nitrogens with zero attached hydrogens (tertiary/aromatic N) is 2. The van der Waals surface area contributed by atoms with Gasteiger partial charge in [0.2, 0.25) is 15.9 Å². The number of carbonyl (C=O) groups excluding carboxylic acids is 1. The summed E-state index contributed by atoms with van der Waals surface area (Å²) >= 11 is 0. The summed E-state index contributed by atoms with van der Waals surface area (Å²) in [6.07, 6.45) is 3.77. The average Bonchev–Trinajstić information content (AvgIpc) is 3.08. The van der Waals surface area contributed by atoms with Gasteiger partial charge in [-0.25, -0.2) is 8.42 Å². The van der Waals surface area contributed by atoms with E-state index in [9.17, 15) is 13.2 Å². The zero-order chi connectivity index (χ0) is 23.0. The lowest BCUT2D eigenvalue weighted by molar-refractivity contribution is -0.123. The first-order valence-electron chi connectivity index (χ1n) is 11.7. The van der Waals surface area contributed by atoms with Crippen molar-refractivity contribution in [2.45, 2.75) is 43.9 Å². The Labute approximate surface area is 195 Å². The Morgan fingerprint density at radius 2 is 1.70 bits per heavy atom. The van der Waals surface area contributed by atoms with Crippen molar-refractivity contribution in [1.82, 2.24) is 4.31 Å². The summed E-state index contributed by atoms with van der Waals surface area (Å²) in [5.74, 6) is 1.00. The zero-order valence-electron chi connectivity index (χ0n) is 19.0. The highest BCUT2D eigenvalue weighted by Crippen LogP contribution is 2.35. The van der Waals surface area contributed by atoms with Crippen LogP contribution in [0.15, 0.2) is 41.3 Å². The lowest BCUT2D eigenvalue weighted by atomic mass is 9.93. The number of amides is 1. The fraction of sp³-hybridized carbons (Fsp3) is 0.480.